The zero-order valence-corrected chi connectivity index (χ0v) is 9.21. The highest BCUT2D eigenvalue weighted by Gasteiger charge is 2.35. The van der Waals surface area contributed by atoms with Crippen LogP contribution in [0.5, 0.6) is 0 Å². The lowest BCUT2D eigenvalue weighted by Gasteiger charge is -2.29. The molecule has 0 spiro atoms. The number of carbonyl (C=O) groups is 1. The lowest BCUT2D eigenvalue weighted by atomic mass is 9.98. The van der Waals surface area contributed by atoms with Gasteiger partial charge in [0.2, 0.25) is 0 Å². The molecule has 0 fully saturated rings. The molecule has 0 aromatic carbocycles. The van der Waals surface area contributed by atoms with Gasteiger partial charge in [0.05, 0.1) is 12.7 Å². The monoisotopic (exact) mass is 233 g/mol. The van der Waals surface area contributed by atoms with Crippen molar-refractivity contribution in [2.45, 2.75) is 12.1 Å². The Hall–Kier alpha value is -1.04. The van der Waals surface area contributed by atoms with Gasteiger partial charge < -0.3 is 13.8 Å². The van der Waals surface area contributed by atoms with E-state index in [1.54, 1.807) is 6.08 Å². The van der Waals surface area contributed by atoms with Crippen LogP contribution in [0, 0.1) is 0 Å². The minimum atomic E-state index is -1.13. The lowest BCUT2D eigenvalue weighted by molar-refractivity contribution is -0.135. The fourth-order valence-electron chi connectivity index (χ4n) is 1.22. The zero-order valence-electron chi connectivity index (χ0n) is 8.45. The third-order valence-electron chi connectivity index (χ3n) is 2.20. The SMILES string of the molecule is COC(=O)C1=CCC(N)(OC)C(OCl)=C1. The Morgan fingerprint density at radius 2 is 2.27 bits per heavy atom. The summed E-state index contributed by atoms with van der Waals surface area (Å²) in [5, 5.41) is 0. The van der Waals surface area contributed by atoms with Gasteiger partial charge >= 0.3 is 5.97 Å². The van der Waals surface area contributed by atoms with Crippen LogP contribution >= 0.6 is 11.9 Å². The smallest absolute Gasteiger partial charge is 0.337 e. The maximum absolute atomic E-state index is 11.2. The summed E-state index contributed by atoms with van der Waals surface area (Å²) < 4.78 is 14.2. The molecule has 1 aliphatic rings. The highest BCUT2D eigenvalue weighted by molar-refractivity contribution is 6.08. The summed E-state index contributed by atoms with van der Waals surface area (Å²) in [4.78, 5) is 11.2. The predicted molar refractivity (Wildman–Crippen MR) is 53.7 cm³/mol. The number of hydrogen-bond donors (Lipinski definition) is 1. The first-order valence-corrected chi connectivity index (χ1v) is 4.51. The molecule has 0 radical (unpaired) electrons. The van der Waals surface area contributed by atoms with E-state index in [2.05, 4.69) is 9.03 Å². The van der Waals surface area contributed by atoms with Gasteiger partial charge in [0.1, 0.15) is 11.9 Å². The summed E-state index contributed by atoms with van der Waals surface area (Å²) in [6.07, 6.45) is 3.28. The molecule has 1 atom stereocenters. The van der Waals surface area contributed by atoms with E-state index in [0.29, 0.717) is 5.57 Å². The summed E-state index contributed by atoms with van der Waals surface area (Å²) in [6.45, 7) is 0. The van der Waals surface area contributed by atoms with Crippen molar-refractivity contribution in [1.82, 2.24) is 0 Å². The van der Waals surface area contributed by atoms with Crippen LogP contribution in [0.4, 0.5) is 0 Å². The van der Waals surface area contributed by atoms with Crippen molar-refractivity contribution in [3.63, 3.8) is 0 Å². The van der Waals surface area contributed by atoms with Crippen LogP contribution in [0.2, 0.25) is 0 Å². The highest BCUT2D eigenvalue weighted by Crippen LogP contribution is 2.28. The number of hydrogen-bond acceptors (Lipinski definition) is 5. The molecule has 2 N–H and O–H groups in total. The Balaban J connectivity index is 2.96. The minimum absolute atomic E-state index is 0.176. The Morgan fingerprint density at radius 1 is 1.60 bits per heavy atom. The van der Waals surface area contributed by atoms with E-state index in [1.807, 2.05) is 0 Å². The second kappa shape index (κ2) is 4.65. The van der Waals surface area contributed by atoms with Gasteiger partial charge in [-0.15, -0.1) is 0 Å². The molecule has 1 unspecified atom stereocenters. The summed E-state index contributed by atoms with van der Waals surface area (Å²) in [5.74, 6) is -0.297. The number of nitrogens with two attached hydrogens (primary N) is 1. The van der Waals surface area contributed by atoms with E-state index in [1.165, 1.54) is 20.3 Å². The third kappa shape index (κ3) is 2.31. The molecular weight excluding hydrogens is 222 g/mol. The Kier molecular flexibility index (Phi) is 3.73. The second-order valence-electron chi connectivity index (χ2n) is 3.03. The van der Waals surface area contributed by atoms with E-state index in [9.17, 15) is 4.79 Å². The molecule has 0 aromatic rings. The van der Waals surface area contributed by atoms with Crippen molar-refractivity contribution in [2.75, 3.05) is 14.2 Å². The van der Waals surface area contributed by atoms with Gasteiger partial charge in [-0.3, -0.25) is 5.73 Å². The normalized spacial score (nSPS) is 25.3. The van der Waals surface area contributed by atoms with Crippen molar-refractivity contribution in [3.05, 3.63) is 23.5 Å². The van der Waals surface area contributed by atoms with Gasteiger partial charge in [-0.25, -0.2) is 4.79 Å². The van der Waals surface area contributed by atoms with Crippen LogP contribution in [-0.2, 0) is 18.6 Å². The molecule has 6 heteroatoms. The highest BCUT2D eigenvalue weighted by atomic mass is 35.5. The van der Waals surface area contributed by atoms with Crippen molar-refractivity contribution >= 4 is 17.8 Å². The van der Waals surface area contributed by atoms with E-state index in [0.717, 1.165) is 0 Å². The molecule has 0 saturated carbocycles. The summed E-state index contributed by atoms with van der Waals surface area (Å²) in [7, 11) is 2.72. The molecule has 15 heavy (non-hydrogen) atoms. The number of esters is 1. The van der Waals surface area contributed by atoms with E-state index in [4.69, 9.17) is 22.3 Å². The molecule has 1 rings (SSSR count). The fraction of sp³-hybridized carbons (Fsp3) is 0.444. The van der Waals surface area contributed by atoms with Gasteiger partial charge in [-0.05, 0) is 6.08 Å². The van der Waals surface area contributed by atoms with Crippen LogP contribution < -0.4 is 5.73 Å². The van der Waals surface area contributed by atoms with E-state index < -0.39 is 11.7 Å². The third-order valence-corrected chi connectivity index (χ3v) is 2.36. The van der Waals surface area contributed by atoms with E-state index in [-0.39, 0.29) is 12.2 Å². The molecule has 5 nitrogen and oxygen atoms in total. The van der Waals surface area contributed by atoms with Gasteiger partial charge in [-0.2, -0.15) is 0 Å². The Bertz CT molecular complexity index is 326. The zero-order chi connectivity index (χ0) is 11.5. The average molecular weight is 234 g/mol. The van der Waals surface area contributed by atoms with Crippen LogP contribution in [0.3, 0.4) is 0 Å². The van der Waals surface area contributed by atoms with Crippen molar-refractivity contribution < 1.29 is 18.6 Å². The molecule has 0 heterocycles. The molecule has 1 aliphatic carbocycles. The average Bonchev–Trinajstić information content (AvgIpc) is 2.28. The number of halogens is 1. The van der Waals surface area contributed by atoms with Gasteiger partial charge in [-0.1, -0.05) is 6.08 Å². The summed E-state index contributed by atoms with van der Waals surface area (Å²) in [5.41, 5.74) is 5.03. The minimum Gasteiger partial charge on any atom is -0.465 e. The van der Waals surface area contributed by atoms with Crippen molar-refractivity contribution in [1.29, 1.82) is 0 Å². The standard InChI is InChI=1S/C9H12ClNO4/c1-13-8(12)6-3-4-9(11,14-2)7(5-6)15-10/h3,5H,4,11H2,1-2H3. The van der Waals surface area contributed by atoms with Gasteiger partial charge in [0, 0.05) is 13.5 Å². The van der Waals surface area contributed by atoms with Crippen LogP contribution in [0.25, 0.3) is 0 Å². The number of carbonyl (C=O) groups excluding carboxylic acids is 1. The lowest BCUT2D eigenvalue weighted by Crippen LogP contribution is -2.45. The van der Waals surface area contributed by atoms with Crippen molar-refractivity contribution in [3.8, 4) is 0 Å². The topological polar surface area (TPSA) is 70.8 Å². The molecular formula is C9H12ClNO4. The van der Waals surface area contributed by atoms with Crippen LogP contribution in [-0.4, -0.2) is 25.9 Å². The van der Waals surface area contributed by atoms with Crippen LogP contribution in [0.1, 0.15) is 6.42 Å². The first kappa shape index (κ1) is 12.0. The van der Waals surface area contributed by atoms with E-state index >= 15 is 0 Å². The number of methoxy groups -OCH3 is 2. The number of ether oxygens (including phenoxy) is 2. The molecule has 0 bridgehead atoms. The maximum atomic E-state index is 11.2. The quantitative estimate of drug-likeness (QED) is 0.578. The molecule has 0 saturated heterocycles. The van der Waals surface area contributed by atoms with Crippen LogP contribution in [0.15, 0.2) is 23.5 Å². The van der Waals surface area contributed by atoms with Gasteiger partial charge in [0.25, 0.3) is 0 Å². The summed E-state index contributed by atoms with van der Waals surface area (Å²) in [6, 6.07) is 0. The second-order valence-corrected chi connectivity index (χ2v) is 3.19. The molecule has 0 aromatic heterocycles. The molecule has 0 amide bonds. The van der Waals surface area contributed by atoms with Crippen molar-refractivity contribution in [2.24, 2.45) is 5.73 Å². The first-order valence-electron chi connectivity index (χ1n) is 4.20. The fourth-order valence-corrected chi connectivity index (χ4v) is 1.39. The molecule has 84 valence electrons. The first-order chi connectivity index (χ1) is 7.07. The van der Waals surface area contributed by atoms with Gasteiger partial charge in [0.15, 0.2) is 11.5 Å². The predicted octanol–water partition coefficient (Wildman–Crippen LogP) is 0.845. The maximum Gasteiger partial charge on any atom is 0.337 e. The Morgan fingerprint density at radius 3 is 2.73 bits per heavy atom. The largest absolute Gasteiger partial charge is 0.465 e. The number of rotatable bonds is 3. The summed E-state index contributed by atoms with van der Waals surface area (Å²) >= 11 is 5.25. The molecule has 0 aliphatic heterocycles. The Labute approximate surface area is 92.6 Å².